The van der Waals surface area contributed by atoms with Gasteiger partial charge in [0.1, 0.15) is 18.5 Å². The molecule has 2 aromatic carbocycles. The number of hydrogen-bond acceptors (Lipinski definition) is 3. The van der Waals surface area contributed by atoms with Crippen LogP contribution in [0, 0.1) is 12.3 Å². The maximum Gasteiger partial charge on any atom is 0.203 e. The Hall–Kier alpha value is -2.50. The summed E-state index contributed by atoms with van der Waals surface area (Å²) in [6, 6.07) is 13.2. The Bertz CT molecular complexity index is 990. The highest BCUT2D eigenvalue weighted by Crippen LogP contribution is 2.21. The zero-order valence-electron chi connectivity index (χ0n) is 14.7. The molecule has 1 aromatic heterocycles. The normalized spacial score (nSPS) is 12.3. The second kappa shape index (κ2) is 7.81. The Morgan fingerprint density at radius 1 is 1.23 bits per heavy atom. The molecule has 2 N–H and O–H groups in total. The number of aliphatic hydroxyl groups is 1. The molecule has 136 valence electrons. The molecule has 0 amide bonds. The van der Waals surface area contributed by atoms with Crippen LogP contribution in [0.5, 0.6) is 5.75 Å². The summed E-state index contributed by atoms with van der Waals surface area (Å²) >= 11 is 6.01. The van der Waals surface area contributed by atoms with E-state index in [4.69, 9.17) is 21.7 Å². The van der Waals surface area contributed by atoms with E-state index in [1.807, 2.05) is 41.8 Å². The van der Waals surface area contributed by atoms with Crippen molar-refractivity contribution in [3.05, 3.63) is 71.3 Å². The van der Waals surface area contributed by atoms with E-state index in [0.717, 1.165) is 16.6 Å². The van der Waals surface area contributed by atoms with Crippen LogP contribution >= 0.6 is 11.6 Å². The quantitative estimate of drug-likeness (QED) is 0.624. The van der Waals surface area contributed by atoms with E-state index in [1.54, 1.807) is 22.8 Å². The van der Waals surface area contributed by atoms with Gasteiger partial charge in [-0.1, -0.05) is 29.8 Å². The molecule has 0 radical (unpaired) electrons. The number of aryl methyl sites for hydroxylation is 1. The van der Waals surface area contributed by atoms with Crippen molar-refractivity contribution in [3.8, 4) is 5.75 Å². The fourth-order valence-corrected chi connectivity index (χ4v) is 3.07. The minimum atomic E-state index is -0.747. The zero-order chi connectivity index (χ0) is 18.7. The number of benzene rings is 2. The van der Waals surface area contributed by atoms with Gasteiger partial charge in [-0.25, -0.2) is 0 Å². The average molecular weight is 372 g/mol. The molecule has 0 aliphatic rings. The Kier molecular flexibility index (Phi) is 5.49. The van der Waals surface area contributed by atoms with Crippen molar-refractivity contribution in [3.63, 3.8) is 0 Å². The van der Waals surface area contributed by atoms with E-state index >= 15 is 0 Å². The fourth-order valence-electron chi connectivity index (χ4n) is 2.96. The third-order valence-electron chi connectivity index (χ3n) is 4.25. The van der Waals surface area contributed by atoms with Crippen molar-refractivity contribution in [2.45, 2.75) is 26.1 Å². The second-order valence-corrected chi connectivity index (χ2v) is 6.61. The van der Waals surface area contributed by atoms with Crippen molar-refractivity contribution in [1.29, 1.82) is 5.41 Å². The van der Waals surface area contributed by atoms with Crippen LogP contribution in [0.3, 0.4) is 0 Å². The predicted molar refractivity (Wildman–Crippen MR) is 104 cm³/mol. The van der Waals surface area contributed by atoms with E-state index in [0.29, 0.717) is 22.9 Å². The van der Waals surface area contributed by atoms with Crippen LogP contribution in [-0.2, 0) is 13.1 Å². The summed E-state index contributed by atoms with van der Waals surface area (Å²) in [6.45, 7) is 6.62. The number of imidazole rings is 1. The zero-order valence-corrected chi connectivity index (χ0v) is 15.4. The molecule has 0 aliphatic heterocycles. The Balaban J connectivity index is 1.77. The molecule has 0 bridgehead atoms. The maximum atomic E-state index is 10.4. The largest absolute Gasteiger partial charge is 0.491 e. The van der Waals surface area contributed by atoms with Gasteiger partial charge < -0.3 is 19.0 Å². The summed E-state index contributed by atoms with van der Waals surface area (Å²) in [4.78, 5) is 0. The molecule has 0 fully saturated rings. The number of nitrogens with zero attached hydrogens (tertiary/aromatic N) is 2. The van der Waals surface area contributed by atoms with Crippen molar-refractivity contribution in [2.24, 2.45) is 0 Å². The van der Waals surface area contributed by atoms with Crippen LogP contribution in [0.15, 0.2) is 55.1 Å². The maximum absolute atomic E-state index is 10.4. The topological polar surface area (TPSA) is 63.2 Å². The van der Waals surface area contributed by atoms with Gasteiger partial charge in [-0.3, -0.25) is 5.41 Å². The number of aliphatic hydroxyl groups excluding tert-OH is 1. The standard InChI is InChI=1S/C20H22ClN3O2/c1-3-10-23-18-6-4-5-7-19(18)24(20(23)22)12-15(25)13-26-16-8-9-17(21)14(2)11-16/h3-9,11,15,22,25H,1,10,12-13H2,2H3/t15-/m1/s1. The van der Waals surface area contributed by atoms with Crippen molar-refractivity contribution in [1.82, 2.24) is 9.13 Å². The van der Waals surface area contributed by atoms with Crippen molar-refractivity contribution < 1.29 is 9.84 Å². The number of aromatic nitrogens is 2. The minimum Gasteiger partial charge on any atom is -0.491 e. The highest BCUT2D eigenvalue weighted by molar-refractivity contribution is 6.31. The van der Waals surface area contributed by atoms with Crippen LogP contribution < -0.4 is 10.4 Å². The lowest BCUT2D eigenvalue weighted by Crippen LogP contribution is -2.31. The fraction of sp³-hybridized carbons (Fsp3) is 0.250. The van der Waals surface area contributed by atoms with Gasteiger partial charge in [0.15, 0.2) is 0 Å². The molecule has 0 saturated heterocycles. The highest BCUT2D eigenvalue weighted by Gasteiger charge is 2.14. The summed E-state index contributed by atoms with van der Waals surface area (Å²) in [7, 11) is 0. The average Bonchev–Trinajstić information content (AvgIpc) is 2.89. The van der Waals surface area contributed by atoms with Gasteiger partial charge in [0.25, 0.3) is 0 Å². The number of ether oxygens (including phenoxy) is 1. The molecule has 1 heterocycles. The van der Waals surface area contributed by atoms with E-state index in [9.17, 15) is 5.11 Å². The van der Waals surface area contributed by atoms with Gasteiger partial charge in [-0.15, -0.1) is 6.58 Å². The van der Waals surface area contributed by atoms with Crippen LogP contribution in [0.2, 0.25) is 5.02 Å². The Labute approximate surface area is 157 Å². The van der Waals surface area contributed by atoms with Gasteiger partial charge >= 0.3 is 0 Å². The van der Waals surface area contributed by atoms with Crippen LogP contribution in [-0.4, -0.2) is 27.0 Å². The molecular weight excluding hydrogens is 350 g/mol. The van der Waals surface area contributed by atoms with Crippen LogP contribution in [0.25, 0.3) is 11.0 Å². The summed E-state index contributed by atoms with van der Waals surface area (Å²) < 4.78 is 9.33. The summed E-state index contributed by atoms with van der Waals surface area (Å²) in [6.07, 6.45) is 1.01. The first-order valence-electron chi connectivity index (χ1n) is 8.42. The third kappa shape index (κ3) is 3.69. The van der Waals surface area contributed by atoms with Gasteiger partial charge in [0.2, 0.25) is 5.62 Å². The van der Waals surface area contributed by atoms with Gasteiger partial charge in [-0.05, 0) is 42.8 Å². The minimum absolute atomic E-state index is 0.133. The molecule has 0 aliphatic carbocycles. The number of fused-ring (bicyclic) bond motifs is 1. The highest BCUT2D eigenvalue weighted by atomic mass is 35.5. The van der Waals surface area contributed by atoms with Gasteiger partial charge in [0.05, 0.1) is 17.6 Å². The van der Waals surface area contributed by atoms with Crippen molar-refractivity contribution >= 4 is 22.6 Å². The van der Waals surface area contributed by atoms with Gasteiger partial charge in [0, 0.05) is 11.6 Å². The first-order chi connectivity index (χ1) is 12.5. The van der Waals surface area contributed by atoms with Crippen molar-refractivity contribution in [2.75, 3.05) is 6.61 Å². The van der Waals surface area contributed by atoms with Crippen LogP contribution in [0.4, 0.5) is 0 Å². The van der Waals surface area contributed by atoms with E-state index in [-0.39, 0.29) is 13.2 Å². The number of allylic oxidation sites excluding steroid dienone is 1. The molecule has 5 nitrogen and oxygen atoms in total. The SMILES string of the molecule is C=CCn1c(=N)n(C[C@@H](O)COc2ccc(Cl)c(C)c2)c2ccccc21. The Morgan fingerprint density at radius 2 is 1.92 bits per heavy atom. The smallest absolute Gasteiger partial charge is 0.203 e. The third-order valence-corrected chi connectivity index (χ3v) is 4.68. The lowest BCUT2D eigenvalue weighted by atomic mass is 10.2. The first-order valence-corrected chi connectivity index (χ1v) is 8.79. The monoisotopic (exact) mass is 371 g/mol. The molecule has 3 aromatic rings. The van der Waals surface area contributed by atoms with E-state index < -0.39 is 6.10 Å². The molecule has 0 spiro atoms. The molecule has 26 heavy (non-hydrogen) atoms. The lowest BCUT2D eigenvalue weighted by molar-refractivity contribution is 0.0921. The summed E-state index contributed by atoms with van der Waals surface area (Å²) in [5.41, 5.74) is 3.10. The molecule has 0 unspecified atom stereocenters. The number of halogens is 1. The van der Waals surface area contributed by atoms with Gasteiger partial charge in [-0.2, -0.15) is 0 Å². The first kappa shape index (κ1) is 18.3. The number of hydrogen-bond donors (Lipinski definition) is 2. The molecule has 0 saturated carbocycles. The van der Waals surface area contributed by atoms with E-state index in [2.05, 4.69) is 6.58 Å². The number of rotatable bonds is 7. The molecule has 6 heteroatoms. The summed E-state index contributed by atoms with van der Waals surface area (Å²) in [5, 5.41) is 19.5. The molecular formula is C20H22ClN3O2. The van der Waals surface area contributed by atoms with E-state index in [1.165, 1.54) is 0 Å². The Morgan fingerprint density at radius 3 is 2.58 bits per heavy atom. The number of para-hydroxylation sites is 2. The summed E-state index contributed by atoms with van der Waals surface area (Å²) in [5.74, 6) is 0.663. The van der Waals surface area contributed by atoms with Crippen LogP contribution in [0.1, 0.15) is 5.56 Å². The molecule has 3 rings (SSSR count). The lowest BCUT2D eigenvalue weighted by Gasteiger charge is -2.14. The predicted octanol–water partition coefficient (Wildman–Crippen LogP) is 3.51. The number of nitrogens with one attached hydrogen (secondary N) is 1. The molecule has 1 atom stereocenters. The second-order valence-electron chi connectivity index (χ2n) is 6.20.